The number of hydrogen-bond acceptors (Lipinski definition) is 4. The van der Waals surface area contributed by atoms with Crippen LogP contribution in [0.3, 0.4) is 0 Å². The summed E-state index contributed by atoms with van der Waals surface area (Å²) in [6.07, 6.45) is 3.53. The molecule has 0 aromatic carbocycles. The normalized spacial score (nSPS) is 27.4. The molecular weight excluding hydrogens is 251 g/mol. The number of halogens is 2. The predicted octanol–water partition coefficient (Wildman–Crippen LogP) is 0.142. The maximum atomic E-state index is 5.81. The molecule has 1 aliphatic carbocycles. The summed E-state index contributed by atoms with van der Waals surface area (Å²) in [5.74, 6) is 0. The van der Waals surface area contributed by atoms with E-state index in [0.717, 1.165) is 0 Å². The van der Waals surface area contributed by atoms with Gasteiger partial charge in [-0.15, -0.1) is 0 Å². The number of ether oxygens (including phenoxy) is 2. The van der Waals surface area contributed by atoms with Crippen LogP contribution in [0, 0.1) is 0 Å². The minimum atomic E-state index is -0.104. The first-order valence-electron chi connectivity index (χ1n) is 4.90. The molecule has 0 radical (unpaired) electrons. The van der Waals surface area contributed by atoms with Crippen LogP contribution in [0.1, 0.15) is 0 Å². The Hall–Kier alpha value is -0.680. The quantitative estimate of drug-likeness (QED) is 0.665. The number of fused-ring (bicyclic) bond motifs is 2. The van der Waals surface area contributed by atoms with Gasteiger partial charge in [-0.1, -0.05) is 23.2 Å². The second-order valence-corrected chi connectivity index (χ2v) is 4.30. The molecule has 1 saturated heterocycles. The third-order valence-electron chi connectivity index (χ3n) is 2.54. The Morgan fingerprint density at radius 3 is 1.81 bits per heavy atom. The largest absolute Gasteiger partial charge is 0.369 e. The third kappa shape index (κ3) is 1.72. The molecular formula is C10H8Cl2N2O2. The van der Waals surface area contributed by atoms with Crippen LogP contribution in [0.25, 0.3) is 12.2 Å². The zero-order chi connectivity index (χ0) is 11.1. The van der Waals surface area contributed by atoms with E-state index in [4.69, 9.17) is 32.7 Å². The Morgan fingerprint density at radius 2 is 1.38 bits per heavy atom. The lowest BCUT2D eigenvalue weighted by Gasteiger charge is -2.29. The van der Waals surface area contributed by atoms with Crippen molar-refractivity contribution < 1.29 is 9.47 Å². The predicted molar refractivity (Wildman–Crippen MR) is 59.7 cm³/mol. The molecule has 0 bridgehead atoms. The lowest BCUT2D eigenvalue weighted by atomic mass is 10.1. The fourth-order valence-electron chi connectivity index (χ4n) is 1.82. The van der Waals surface area contributed by atoms with Crippen LogP contribution in [0.15, 0.2) is 0 Å². The molecule has 4 nitrogen and oxygen atoms in total. The van der Waals surface area contributed by atoms with E-state index in [9.17, 15) is 0 Å². The number of hydrogen-bond donors (Lipinski definition) is 0. The van der Waals surface area contributed by atoms with Gasteiger partial charge in [-0.3, -0.25) is 0 Å². The van der Waals surface area contributed by atoms with Gasteiger partial charge >= 0.3 is 0 Å². The summed E-state index contributed by atoms with van der Waals surface area (Å²) in [7, 11) is 0. The van der Waals surface area contributed by atoms with Crippen molar-refractivity contribution in [3.63, 3.8) is 0 Å². The third-order valence-corrected chi connectivity index (χ3v) is 3.17. The average molecular weight is 259 g/mol. The summed E-state index contributed by atoms with van der Waals surface area (Å²) in [5, 5.41) is 1.81. The van der Waals surface area contributed by atoms with Crippen molar-refractivity contribution in [2.24, 2.45) is 0 Å². The maximum absolute atomic E-state index is 5.81. The lowest BCUT2D eigenvalue weighted by molar-refractivity contribution is -0.0893. The van der Waals surface area contributed by atoms with Crippen LogP contribution in [-0.2, 0) is 9.47 Å². The summed E-state index contributed by atoms with van der Waals surface area (Å²) in [6.45, 7) is 1.19. The van der Waals surface area contributed by atoms with Crippen molar-refractivity contribution in [1.82, 2.24) is 9.97 Å². The van der Waals surface area contributed by atoms with Gasteiger partial charge < -0.3 is 9.47 Å². The molecule has 2 aliphatic rings. The van der Waals surface area contributed by atoms with Gasteiger partial charge in [-0.2, -0.15) is 0 Å². The number of aromatic nitrogens is 2. The highest BCUT2D eigenvalue weighted by Crippen LogP contribution is 2.16. The van der Waals surface area contributed by atoms with Crippen molar-refractivity contribution >= 4 is 35.4 Å². The average Bonchev–Trinajstić information content (AvgIpc) is 2.28. The zero-order valence-electron chi connectivity index (χ0n) is 8.19. The monoisotopic (exact) mass is 258 g/mol. The van der Waals surface area contributed by atoms with Crippen LogP contribution in [0.5, 0.6) is 0 Å². The summed E-state index contributed by atoms with van der Waals surface area (Å²) in [4.78, 5) is 8.31. The highest BCUT2D eigenvalue weighted by molar-refractivity contribution is 6.40. The van der Waals surface area contributed by atoms with Gasteiger partial charge in [-0.05, 0) is 12.2 Å². The molecule has 1 aliphatic heterocycles. The Kier molecular flexibility index (Phi) is 2.59. The second-order valence-electron chi connectivity index (χ2n) is 3.58. The van der Waals surface area contributed by atoms with Crippen LogP contribution < -0.4 is 10.7 Å². The summed E-state index contributed by atoms with van der Waals surface area (Å²) in [5.41, 5.74) is 0. The Morgan fingerprint density at radius 1 is 0.938 bits per heavy atom. The van der Waals surface area contributed by atoms with Crippen molar-refractivity contribution in [2.45, 2.75) is 12.2 Å². The standard InChI is InChI=1S/C10H8Cl2N2O2/c11-9-10(12)14-6-4-8-7(3-5(6)13-9)15-1-2-16-8/h3-4,7-8H,1-2H2. The zero-order valence-corrected chi connectivity index (χ0v) is 9.70. The van der Waals surface area contributed by atoms with Gasteiger partial charge in [-0.25, -0.2) is 9.97 Å². The smallest absolute Gasteiger partial charge is 0.167 e. The molecule has 2 heterocycles. The fourth-order valence-corrected chi connectivity index (χ4v) is 2.09. The van der Waals surface area contributed by atoms with Crippen molar-refractivity contribution in [3.8, 4) is 0 Å². The molecule has 0 N–H and O–H groups in total. The van der Waals surface area contributed by atoms with Crippen molar-refractivity contribution in [1.29, 1.82) is 0 Å². The first-order chi connectivity index (χ1) is 7.74. The lowest BCUT2D eigenvalue weighted by Crippen LogP contribution is -2.46. The Labute approximate surface area is 102 Å². The van der Waals surface area contributed by atoms with Gasteiger partial charge in [0.15, 0.2) is 10.3 Å². The molecule has 16 heavy (non-hydrogen) atoms. The van der Waals surface area contributed by atoms with Crippen molar-refractivity contribution in [2.75, 3.05) is 13.2 Å². The van der Waals surface area contributed by atoms with E-state index in [0.29, 0.717) is 23.9 Å². The topological polar surface area (TPSA) is 44.2 Å². The minimum absolute atomic E-state index is 0.104. The van der Waals surface area contributed by atoms with E-state index in [1.54, 1.807) is 0 Å². The van der Waals surface area contributed by atoms with E-state index in [1.807, 2.05) is 12.2 Å². The van der Waals surface area contributed by atoms with E-state index >= 15 is 0 Å². The maximum Gasteiger partial charge on any atom is 0.167 e. The Balaban J connectivity index is 2.17. The molecule has 6 heteroatoms. The van der Waals surface area contributed by atoms with E-state index in [-0.39, 0.29) is 22.5 Å². The first-order valence-corrected chi connectivity index (χ1v) is 5.65. The van der Waals surface area contributed by atoms with Gasteiger partial charge in [0.05, 0.1) is 23.9 Å². The van der Waals surface area contributed by atoms with E-state index < -0.39 is 0 Å². The molecule has 2 unspecified atom stereocenters. The molecule has 3 rings (SSSR count). The number of rotatable bonds is 0. The summed E-state index contributed by atoms with van der Waals surface area (Å²) in [6, 6.07) is 0. The van der Waals surface area contributed by atoms with Crippen LogP contribution in [0.4, 0.5) is 0 Å². The molecule has 1 aromatic rings. The molecule has 1 fully saturated rings. The molecule has 0 amide bonds. The first kappa shape index (κ1) is 10.5. The fraction of sp³-hybridized carbons (Fsp3) is 0.400. The second kappa shape index (κ2) is 3.96. The van der Waals surface area contributed by atoms with E-state index in [2.05, 4.69) is 9.97 Å². The molecule has 84 valence electrons. The molecule has 1 aromatic heterocycles. The van der Waals surface area contributed by atoms with Gasteiger partial charge in [0.2, 0.25) is 0 Å². The molecule has 0 spiro atoms. The van der Waals surface area contributed by atoms with Gasteiger partial charge in [0.25, 0.3) is 0 Å². The van der Waals surface area contributed by atoms with Crippen LogP contribution in [-0.4, -0.2) is 35.4 Å². The summed E-state index contributed by atoms with van der Waals surface area (Å²) >= 11 is 11.6. The number of nitrogens with zero attached hydrogens (tertiary/aromatic N) is 2. The Bertz CT molecular complexity index is 497. The molecule has 0 saturated carbocycles. The van der Waals surface area contributed by atoms with Crippen LogP contribution in [0.2, 0.25) is 10.3 Å². The SMILES string of the molecule is Clc1nc2c(nc1Cl)=CC1OCCOC1C=2. The highest BCUT2D eigenvalue weighted by Gasteiger charge is 2.26. The van der Waals surface area contributed by atoms with Gasteiger partial charge in [0.1, 0.15) is 12.2 Å². The minimum Gasteiger partial charge on any atom is -0.369 e. The summed E-state index contributed by atoms with van der Waals surface area (Å²) < 4.78 is 11.1. The molecule has 2 atom stereocenters. The van der Waals surface area contributed by atoms with Crippen LogP contribution >= 0.6 is 23.2 Å². The van der Waals surface area contributed by atoms with E-state index in [1.165, 1.54) is 0 Å². The van der Waals surface area contributed by atoms with Gasteiger partial charge in [0, 0.05) is 0 Å². The highest BCUT2D eigenvalue weighted by atomic mass is 35.5. The van der Waals surface area contributed by atoms with Crippen molar-refractivity contribution in [3.05, 3.63) is 21.0 Å².